The Balaban J connectivity index is 4.28. The van der Waals surface area contributed by atoms with Gasteiger partial charge in [0.1, 0.15) is 6.54 Å². The first-order chi connectivity index (χ1) is 7.74. The van der Waals surface area contributed by atoms with Crippen LogP contribution >= 0.6 is 11.8 Å². The van der Waals surface area contributed by atoms with Crippen molar-refractivity contribution >= 4 is 23.7 Å². The van der Waals surface area contributed by atoms with E-state index in [0.717, 1.165) is 0 Å². The van der Waals surface area contributed by atoms with Gasteiger partial charge in [-0.05, 0) is 6.26 Å². The Kier molecular flexibility index (Phi) is 7.22. The number of thioether (sulfide) groups is 1. The zero-order valence-corrected chi connectivity index (χ0v) is 11.7. The van der Waals surface area contributed by atoms with Crippen molar-refractivity contribution in [3.63, 3.8) is 0 Å². The van der Waals surface area contributed by atoms with E-state index in [1.54, 1.807) is 11.8 Å². The Morgan fingerprint density at radius 3 is 2.35 bits per heavy atom. The van der Waals surface area contributed by atoms with Crippen molar-refractivity contribution in [1.82, 2.24) is 0 Å². The van der Waals surface area contributed by atoms with E-state index in [1.807, 2.05) is 27.4 Å². The lowest BCUT2D eigenvalue weighted by molar-refractivity contribution is -0.873. The third-order valence-corrected chi connectivity index (χ3v) is 2.57. The minimum absolute atomic E-state index is 0.138. The van der Waals surface area contributed by atoms with Crippen LogP contribution in [0.4, 0.5) is 0 Å². The van der Waals surface area contributed by atoms with Crippen LogP contribution in [-0.4, -0.2) is 67.3 Å². The first kappa shape index (κ1) is 16.2. The number of carboxylic acids is 1. The number of carbonyl (C=O) groups excluding carboxylic acids is 1. The maximum Gasteiger partial charge on any atom is 0.307 e. The fraction of sp³-hybridized carbons (Fsp3) is 0.818. The molecule has 0 aliphatic rings. The van der Waals surface area contributed by atoms with E-state index in [9.17, 15) is 9.59 Å². The zero-order valence-electron chi connectivity index (χ0n) is 10.9. The van der Waals surface area contributed by atoms with Crippen LogP contribution in [0.3, 0.4) is 0 Å². The Labute approximate surface area is 107 Å². The summed E-state index contributed by atoms with van der Waals surface area (Å²) in [4.78, 5) is 22.1. The molecule has 0 heterocycles. The van der Waals surface area contributed by atoms with Gasteiger partial charge in [0.25, 0.3) is 0 Å². The fourth-order valence-corrected chi connectivity index (χ4v) is 1.75. The highest BCUT2D eigenvalue weighted by Crippen LogP contribution is 2.07. The number of rotatable bonds is 8. The Morgan fingerprint density at radius 1 is 1.35 bits per heavy atom. The molecule has 6 heteroatoms. The van der Waals surface area contributed by atoms with E-state index in [2.05, 4.69) is 0 Å². The van der Waals surface area contributed by atoms with Crippen molar-refractivity contribution in [2.45, 2.75) is 18.9 Å². The Bertz CT molecular complexity index is 263. The van der Waals surface area contributed by atoms with Crippen LogP contribution in [0.5, 0.6) is 0 Å². The lowest BCUT2D eigenvalue weighted by atomic mass is 10.2. The van der Waals surface area contributed by atoms with Gasteiger partial charge in [-0.1, -0.05) is 0 Å². The topological polar surface area (TPSA) is 63.6 Å². The van der Waals surface area contributed by atoms with Crippen LogP contribution in [0.15, 0.2) is 0 Å². The molecule has 0 fully saturated rings. The second kappa shape index (κ2) is 7.55. The number of hydrogen-bond donors (Lipinski definition) is 1. The van der Waals surface area contributed by atoms with Crippen molar-refractivity contribution in [3.05, 3.63) is 0 Å². The van der Waals surface area contributed by atoms with Crippen LogP contribution < -0.4 is 0 Å². The maximum atomic E-state index is 11.4. The normalized spacial score (nSPS) is 13.2. The average molecular weight is 264 g/mol. The van der Waals surface area contributed by atoms with Crippen LogP contribution in [0.25, 0.3) is 0 Å². The molecule has 0 aliphatic carbocycles. The summed E-state index contributed by atoms with van der Waals surface area (Å²) in [5, 5.41) is 8.77. The van der Waals surface area contributed by atoms with E-state index in [0.29, 0.717) is 23.2 Å². The molecule has 0 amide bonds. The van der Waals surface area contributed by atoms with E-state index in [4.69, 9.17) is 9.84 Å². The van der Waals surface area contributed by atoms with E-state index in [-0.39, 0.29) is 12.4 Å². The Morgan fingerprint density at radius 2 is 1.94 bits per heavy atom. The summed E-state index contributed by atoms with van der Waals surface area (Å²) in [6.45, 7) is 0.497. The highest BCUT2D eigenvalue weighted by Gasteiger charge is 2.24. The molecule has 0 saturated heterocycles. The van der Waals surface area contributed by atoms with Gasteiger partial charge in [-0.3, -0.25) is 9.59 Å². The summed E-state index contributed by atoms with van der Waals surface area (Å²) in [6, 6.07) is 0. The van der Waals surface area contributed by atoms with Crippen LogP contribution in [0.1, 0.15) is 12.8 Å². The molecule has 0 aromatic heterocycles. The van der Waals surface area contributed by atoms with Crippen molar-refractivity contribution < 1.29 is 23.9 Å². The van der Waals surface area contributed by atoms with Gasteiger partial charge >= 0.3 is 11.9 Å². The van der Waals surface area contributed by atoms with E-state index < -0.39 is 12.1 Å². The Hall–Kier alpha value is -0.750. The van der Waals surface area contributed by atoms with Crippen molar-refractivity contribution in [2.24, 2.45) is 0 Å². The molecule has 0 spiro atoms. The molecular weight excluding hydrogens is 242 g/mol. The molecule has 1 unspecified atom stereocenters. The van der Waals surface area contributed by atoms with Gasteiger partial charge < -0.3 is 14.3 Å². The van der Waals surface area contributed by atoms with Crippen LogP contribution in [0, 0.1) is 0 Å². The van der Waals surface area contributed by atoms with E-state index in [1.165, 1.54) is 0 Å². The molecule has 100 valence electrons. The van der Waals surface area contributed by atoms with E-state index >= 15 is 0 Å². The number of likely N-dealkylation sites (N-methyl/N-ethyl adjacent to an activating group) is 1. The number of aliphatic carboxylic acids is 1. The molecule has 1 N–H and O–H groups in total. The third-order valence-electron chi connectivity index (χ3n) is 1.96. The SMILES string of the molecule is CSCCC(=O)OC(CC(=O)O)C[N+](C)(C)C. The molecule has 0 bridgehead atoms. The maximum absolute atomic E-state index is 11.4. The molecule has 0 radical (unpaired) electrons. The monoisotopic (exact) mass is 264 g/mol. The van der Waals surface area contributed by atoms with Gasteiger partial charge in [0.15, 0.2) is 6.10 Å². The predicted molar refractivity (Wildman–Crippen MR) is 68.0 cm³/mol. The smallest absolute Gasteiger partial charge is 0.307 e. The molecule has 0 rings (SSSR count). The quantitative estimate of drug-likeness (QED) is 0.520. The number of carboxylic acid groups (broad SMARTS) is 1. The number of hydrogen-bond acceptors (Lipinski definition) is 4. The largest absolute Gasteiger partial charge is 0.481 e. The number of quaternary nitrogens is 1. The summed E-state index contributed by atoms with van der Waals surface area (Å²) < 4.78 is 5.75. The van der Waals surface area contributed by atoms with Gasteiger partial charge in [-0.25, -0.2) is 0 Å². The minimum Gasteiger partial charge on any atom is -0.481 e. The zero-order chi connectivity index (χ0) is 13.5. The standard InChI is InChI=1S/C11H21NO4S/c1-12(2,3)8-9(7-10(13)14)16-11(15)5-6-17-4/h9H,5-8H2,1-4H3/p+1. The average Bonchev–Trinajstić information content (AvgIpc) is 2.10. The molecule has 1 atom stereocenters. The highest BCUT2D eigenvalue weighted by atomic mass is 32.2. The molecule has 5 nitrogen and oxygen atoms in total. The van der Waals surface area contributed by atoms with Crippen LogP contribution in [-0.2, 0) is 14.3 Å². The first-order valence-corrected chi connectivity index (χ1v) is 6.84. The minimum atomic E-state index is -0.943. The molecule has 0 aromatic carbocycles. The molecule has 0 aliphatic heterocycles. The van der Waals surface area contributed by atoms with Crippen molar-refractivity contribution in [3.8, 4) is 0 Å². The third kappa shape index (κ3) is 10.1. The summed E-state index contributed by atoms with van der Waals surface area (Å²) in [5.74, 6) is -0.566. The second-order valence-electron chi connectivity index (χ2n) is 4.93. The molecule has 17 heavy (non-hydrogen) atoms. The number of esters is 1. The van der Waals surface area contributed by atoms with Gasteiger partial charge in [-0.2, -0.15) is 11.8 Å². The van der Waals surface area contributed by atoms with Gasteiger partial charge in [0.05, 0.1) is 34.0 Å². The number of carbonyl (C=O) groups is 2. The highest BCUT2D eigenvalue weighted by molar-refractivity contribution is 7.98. The molecule has 0 aromatic rings. The summed E-state index contributed by atoms with van der Waals surface area (Å²) in [7, 11) is 5.81. The second-order valence-corrected chi connectivity index (χ2v) is 5.91. The van der Waals surface area contributed by atoms with Crippen molar-refractivity contribution in [1.29, 1.82) is 0 Å². The molecule has 0 saturated carbocycles. The van der Waals surface area contributed by atoms with Gasteiger partial charge in [0.2, 0.25) is 0 Å². The van der Waals surface area contributed by atoms with Crippen LogP contribution in [0.2, 0.25) is 0 Å². The van der Waals surface area contributed by atoms with Gasteiger partial charge in [0, 0.05) is 5.75 Å². The summed E-state index contributed by atoms with van der Waals surface area (Å²) in [5.41, 5.74) is 0. The first-order valence-electron chi connectivity index (χ1n) is 5.45. The molecular formula is C11H22NO4S+. The van der Waals surface area contributed by atoms with Gasteiger partial charge in [-0.15, -0.1) is 0 Å². The fourth-order valence-electron chi connectivity index (χ4n) is 1.38. The van der Waals surface area contributed by atoms with Crippen molar-refractivity contribution in [2.75, 3.05) is 39.7 Å². The lowest BCUT2D eigenvalue weighted by Crippen LogP contribution is -2.43. The predicted octanol–water partition coefficient (Wildman–Crippen LogP) is 0.832. The summed E-state index contributed by atoms with van der Waals surface area (Å²) in [6.07, 6.45) is 1.55. The lowest BCUT2D eigenvalue weighted by Gasteiger charge is -2.28. The summed E-state index contributed by atoms with van der Waals surface area (Å²) >= 11 is 1.56. The number of nitrogens with zero attached hydrogens (tertiary/aromatic N) is 1. The number of ether oxygens (including phenoxy) is 1.